The molecular weight excluding hydrogens is 328 g/mol. The summed E-state index contributed by atoms with van der Waals surface area (Å²) >= 11 is 6.08. The van der Waals surface area contributed by atoms with Gasteiger partial charge in [-0.15, -0.1) is 0 Å². The highest BCUT2D eigenvalue weighted by Crippen LogP contribution is 2.23. The van der Waals surface area contributed by atoms with Crippen LogP contribution in [0.25, 0.3) is 11.0 Å². The minimum Gasteiger partial charge on any atom is -0.365 e. The van der Waals surface area contributed by atoms with Gasteiger partial charge in [-0.2, -0.15) is 5.10 Å². The van der Waals surface area contributed by atoms with Crippen LogP contribution in [0.15, 0.2) is 41.5 Å². The van der Waals surface area contributed by atoms with Crippen molar-refractivity contribution in [3.05, 3.63) is 52.0 Å². The highest BCUT2D eigenvalue weighted by Gasteiger charge is 2.21. The summed E-state index contributed by atoms with van der Waals surface area (Å²) in [7, 11) is 0. The predicted molar refractivity (Wildman–Crippen MR) is 93.8 cm³/mol. The van der Waals surface area contributed by atoms with Gasteiger partial charge in [0, 0.05) is 26.2 Å². The van der Waals surface area contributed by atoms with Crippen molar-refractivity contribution in [1.29, 1.82) is 0 Å². The Hall–Kier alpha value is -2.67. The van der Waals surface area contributed by atoms with Crippen LogP contribution in [0.2, 0.25) is 5.02 Å². The summed E-state index contributed by atoms with van der Waals surface area (Å²) in [4.78, 5) is 25.0. The minimum atomic E-state index is -0.364. The van der Waals surface area contributed by atoms with Crippen molar-refractivity contribution in [3.63, 3.8) is 0 Å². The van der Waals surface area contributed by atoms with E-state index in [1.165, 1.54) is 0 Å². The van der Waals surface area contributed by atoms with Gasteiger partial charge >= 0.3 is 0 Å². The number of fused-ring (bicyclic) bond motifs is 1. The molecule has 0 bridgehead atoms. The third kappa shape index (κ3) is 2.67. The molecule has 1 N–H and O–H groups in total. The second kappa shape index (κ2) is 6.09. The van der Waals surface area contributed by atoms with Gasteiger partial charge in [-0.1, -0.05) is 23.7 Å². The van der Waals surface area contributed by atoms with E-state index in [4.69, 9.17) is 11.6 Å². The lowest BCUT2D eigenvalue weighted by Gasteiger charge is -2.36. The molecule has 1 aliphatic rings. The molecule has 1 aromatic carbocycles. The van der Waals surface area contributed by atoms with E-state index < -0.39 is 0 Å². The van der Waals surface area contributed by atoms with Crippen LogP contribution >= 0.6 is 11.6 Å². The first-order valence-corrected chi connectivity index (χ1v) is 8.05. The summed E-state index contributed by atoms with van der Waals surface area (Å²) < 4.78 is 0. The molecule has 0 atom stereocenters. The zero-order chi connectivity index (χ0) is 16.5. The Morgan fingerprint density at radius 2 is 1.71 bits per heavy atom. The SMILES string of the molecule is O=c1[nH]ncc(N2CCN(c3cnc4ccccc4n3)CC2)c1Cl. The second-order valence-corrected chi connectivity index (χ2v) is 5.97. The third-order valence-corrected chi connectivity index (χ3v) is 4.52. The number of hydrogen-bond acceptors (Lipinski definition) is 6. The molecule has 0 saturated carbocycles. The van der Waals surface area contributed by atoms with Crippen molar-refractivity contribution in [2.45, 2.75) is 0 Å². The molecule has 122 valence electrons. The van der Waals surface area contributed by atoms with E-state index in [9.17, 15) is 4.79 Å². The monoisotopic (exact) mass is 342 g/mol. The normalized spacial score (nSPS) is 15.0. The lowest BCUT2D eigenvalue weighted by Crippen LogP contribution is -2.47. The van der Waals surface area contributed by atoms with Gasteiger partial charge < -0.3 is 9.80 Å². The zero-order valence-corrected chi connectivity index (χ0v) is 13.6. The molecule has 1 aliphatic heterocycles. The van der Waals surface area contributed by atoms with E-state index in [-0.39, 0.29) is 10.6 Å². The van der Waals surface area contributed by atoms with Crippen LogP contribution in [0.1, 0.15) is 0 Å². The molecule has 1 fully saturated rings. The van der Waals surface area contributed by atoms with Gasteiger partial charge in [-0.25, -0.2) is 10.1 Å². The molecule has 0 spiro atoms. The van der Waals surface area contributed by atoms with Crippen LogP contribution in [-0.4, -0.2) is 46.3 Å². The van der Waals surface area contributed by atoms with Gasteiger partial charge in [0.05, 0.1) is 29.1 Å². The number of halogens is 1. The van der Waals surface area contributed by atoms with Crippen LogP contribution in [0, 0.1) is 0 Å². The number of H-pyrrole nitrogens is 1. The number of rotatable bonds is 2. The lowest BCUT2D eigenvalue weighted by molar-refractivity contribution is 0.645. The first kappa shape index (κ1) is 14.9. The van der Waals surface area contributed by atoms with Crippen molar-refractivity contribution in [1.82, 2.24) is 20.2 Å². The summed E-state index contributed by atoms with van der Waals surface area (Å²) in [5.74, 6) is 0.864. The van der Waals surface area contributed by atoms with Crippen molar-refractivity contribution >= 4 is 34.1 Å². The van der Waals surface area contributed by atoms with Gasteiger partial charge in [0.2, 0.25) is 0 Å². The van der Waals surface area contributed by atoms with E-state index in [2.05, 4.69) is 30.0 Å². The average molecular weight is 343 g/mol. The van der Waals surface area contributed by atoms with E-state index in [1.54, 1.807) is 12.4 Å². The smallest absolute Gasteiger partial charge is 0.285 e. The summed E-state index contributed by atoms with van der Waals surface area (Å²) in [5.41, 5.74) is 2.09. The van der Waals surface area contributed by atoms with E-state index in [0.717, 1.165) is 43.0 Å². The maximum atomic E-state index is 11.6. The number of aromatic nitrogens is 4. The summed E-state index contributed by atoms with van der Waals surface area (Å²) in [5, 5.41) is 6.35. The quantitative estimate of drug-likeness (QED) is 0.763. The standard InChI is InChI=1S/C16H15ClN6O/c17-15-13(9-19-21-16(15)24)22-5-7-23(8-6-22)14-10-18-11-3-1-2-4-12(11)20-14/h1-4,9-10H,5-8H2,(H,21,24). The Morgan fingerprint density at radius 3 is 2.50 bits per heavy atom. The fourth-order valence-corrected chi connectivity index (χ4v) is 3.08. The number of nitrogens with one attached hydrogen (secondary N) is 1. The Labute approximate surface area is 142 Å². The largest absolute Gasteiger partial charge is 0.365 e. The van der Waals surface area contributed by atoms with Crippen molar-refractivity contribution in [2.24, 2.45) is 0 Å². The summed E-state index contributed by atoms with van der Waals surface area (Å²) in [6.45, 7) is 3.02. The summed E-state index contributed by atoms with van der Waals surface area (Å²) in [6, 6.07) is 7.82. The average Bonchev–Trinajstić information content (AvgIpc) is 2.64. The van der Waals surface area contributed by atoms with Crippen LogP contribution in [0.3, 0.4) is 0 Å². The molecule has 0 aliphatic carbocycles. The summed E-state index contributed by atoms with van der Waals surface area (Å²) in [6.07, 6.45) is 3.40. The predicted octanol–water partition coefficient (Wildman–Crippen LogP) is 1.69. The molecule has 24 heavy (non-hydrogen) atoms. The topological polar surface area (TPSA) is 78.0 Å². The van der Waals surface area contributed by atoms with Gasteiger partial charge in [0.25, 0.3) is 5.56 Å². The first-order valence-electron chi connectivity index (χ1n) is 7.67. The van der Waals surface area contributed by atoms with Crippen molar-refractivity contribution in [2.75, 3.05) is 36.0 Å². The van der Waals surface area contributed by atoms with Crippen LogP contribution < -0.4 is 15.4 Å². The van der Waals surface area contributed by atoms with Gasteiger partial charge in [0.15, 0.2) is 0 Å². The van der Waals surface area contributed by atoms with Gasteiger partial charge in [0.1, 0.15) is 10.8 Å². The Morgan fingerprint density at radius 1 is 1.00 bits per heavy atom. The minimum absolute atomic E-state index is 0.184. The fraction of sp³-hybridized carbons (Fsp3) is 0.250. The number of piperazine rings is 1. The third-order valence-electron chi connectivity index (χ3n) is 4.16. The molecule has 1 saturated heterocycles. The number of anilines is 2. The molecular formula is C16H15ClN6O. The Bertz CT molecular complexity index is 935. The number of benzene rings is 1. The van der Waals surface area contributed by atoms with Crippen molar-refractivity contribution in [3.8, 4) is 0 Å². The Kier molecular flexibility index (Phi) is 3.78. The second-order valence-electron chi connectivity index (χ2n) is 5.59. The van der Waals surface area contributed by atoms with E-state index in [1.807, 2.05) is 24.3 Å². The highest BCUT2D eigenvalue weighted by molar-refractivity contribution is 6.33. The number of para-hydroxylation sites is 2. The number of hydrogen-bond donors (Lipinski definition) is 1. The molecule has 8 heteroatoms. The first-order chi connectivity index (χ1) is 11.7. The molecule has 2 aromatic heterocycles. The molecule has 3 heterocycles. The maximum Gasteiger partial charge on any atom is 0.285 e. The van der Waals surface area contributed by atoms with Crippen LogP contribution in [0.4, 0.5) is 11.5 Å². The van der Waals surface area contributed by atoms with Crippen molar-refractivity contribution < 1.29 is 0 Å². The fourth-order valence-electron chi connectivity index (χ4n) is 2.87. The number of nitrogens with zero attached hydrogens (tertiary/aromatic N) is 5. The molecule has 0 radical (unpaired) electrons. The van der Waals surface area contributed by atoms with Crippen LogP contribution in [-0.2, 0) is 0 Å². The van der Waals surface area contributed by atoms with E-state index in [0.29, 0.717) is 5.69 Å². The molecule has 7 nitrogen and oxygen atoms in total. The Balaban J connectivity index is 1.53. The molecule has 0 unspecified atom stereocenters. The van der Waals surface area contributed by atoms with Gasteiger partial charge in [-0.3, -0.25) is 9.78 Å². The number of aromatic amines is 1. The molecule has 3 aromatic rings. The van der Waals surface area contributed by atoms with E-state index >= 15 is 0 Å². The van der Waals surface area contributed by atoms with Gasteiger partial charge in [-0.05, 0) is 12.1 Å². The highest BCUT2D eigenvalue weighted by atomic mass is 35.5. The van der Waals surface area contributed by atoms with Crippen LogP contribution in [0.5, 0.6) is 0 Å². The zero-order valence-electron chi connectivity index (χ0n) is 12.8. The maximum absolute atomic E-state index is 11.6. The lowest BCUT2D eigenvalue weighted by atomic mass is 10.2. The molecule has 4 rings (SSSR count). The molecule has 0 amide bonds.